The van der Waals surface area contributed by atoms with Crippen molar-refractivity contribution in [3.05, 3.63) is 35.4 Å². The van der Waals surface area contributed by atoms with E-state index in [2.05, 4.69) is 12.6 Å². The van der Waals surface area contributed by atoms with Crippen LogP contribution < -0.4 is 0 Å². The van der Waals surface area contributed by atoms with Crippen molar-refractivity contribution in [2.75, 3.05) is 0 Å². The van der Waals surface area contributed by atoms with Crippen molar-refractivity contribution >= 4 is 17.7 Å². The van der Waals surface area contributed by atoms with E-state index in [0.717, 1.165) is 5.56 Å². The Morgan fingerprint density at radius 3 is 2.27 bits per heavy atom. The molecule has 0 atom stereocenters. The van der Waals surface area contributed by atoms with Gasteiger partial charge in [-0.3, -0.25) is 9.50 Å². The standard InChI is InChI=1S/C8H8OS.FH/c1-6-4-2-3-5-7(6)8(9)10;/h2-5H,1H3,(H,9,10);1H. The predicted octanol–water partition coefficient (Wildman–Crippen LogP) is 2.22. The number of hydrogen-bond acceptors (Lipinski definition) is 1. The van der Waals surface area contributed by atoms with Crippen LogP contribution in [0.15, 0.2) is 24.3 Å². The van der Waals surface area contributed by atoms with E-state index >= 15 is 0 Å². The highest BCUT2D eigenvalue weighted by molar-refractivity contribution is 7.97. The molecule has 1 aromatic carbocycles. The van der Waals surface area contributed by atoms with Gasteiger partial charge in [0.1, 0.15) is 0 Å². The van der Waals surface area contributed by atoms with Crippen LogP contribution in [0.2, 0.25) is 0 Å². The molecule has 0 spiro atoms. The Bertz CT molecular complexity index is 260. The highest BCUT2D eigenvalue weighted by Gasteiger charge is 2.00. The normalized spacial score (nSPS) is 8.55. The molecule has 0 saturated heterocycles. The zero-order valence-electron chi connectivity index (χ0n) is 6.07. The molecular weight excluding hydrogens is 163 g/mol. The monoisotopic (exact) mass is 172 g/mol. The summed E-state index contributed by atoms with van der Waals surface area (Å²) in [6.45, 7) is 1.89. The van der Waals surface area contributed by atoms with Gasteiger partial charge in [0, 0.05) is 5.56 Å². The summed E-state index contributed by atoms with van der Waals surface area (Å²) in [6, 6.07) is 7.39. The Morgan fingerprint density at radius 1 is 1.36 bits per heavy atom. The third-order valence-electron chi connectivity index (χ3n) is 1.38. The summed E-state index contributed by atoms with van der Waals surface area (Å²) in [5.41, 5.74) is 1.66. The number of benzene rings is 1. The fourth-order valence-electron chi connectivity index (χ4n) is 0.813. The molecule has 0 amide bonds. The maximum Gasteiger partial charge on any atom is 0.216 e. The lowest BCUT2D eigenvalue weighted by Crippen LogP contribution is -1.91. The van der Waals surface area contributed by atoms with Crippen molar-refractivity contribution in [3.63, 3.8) is 0 Å². The maximum atomic E-state index is 10.7. The molecule has 0 heterocycles. The van der Waals surface area contributed by atoms with Crippen molar-refractivity contribution in [2.24, 2.45) is 0 Å². The van der Waals surface area contributed by atoms with Crippen LogP contribution in [0.3, 0.4) is 0 Å². The van der Waals surface area contributed by atoms with Crippen LogP contribution in [0, 0.1) is 6.92 Å². The number of aryl methyl sites for hydroxylation is 1. The van der Waals surface area contributed by atoms with Crippen LogP contribution in [0.25, 0.3) is 0 Å². The van der Waals surface area contributed by atoms with Crippen LogP contribution >= 0.6 is 12.6 Å². The van der Waals surface area contributed by atoms with Crippen molar-refractivity contribution in [3.8, 4) is 0 Å². The maximum absolute atomic E-state index is 10.7. The number of halogens is 1. The molecule has 0 unspecified atom stereocenters. The number of hydrogen-bond donors (Lipinski definition) is 1. The summed E-state index contributed by atoms with van der Waals surface area (Å²) >= 11 is 3.72. The molecule has 0 aliphatic heterocycles. The molecule has 11 heavy (non-hydrogen) atoms. The molecule has 0 radical (unpaired) electrons. The molecule has 1 aromatic rings. The molecule has 0 aromatic heterocycles. The first-order valence-electron chi connectivity index (χ1n) is 3.01. The first-order chi connectivity index (χ1) is 4.72. The average molecular weight is 172 g/mol. The molecule has 0 N–H and O–H groups in total. The minimum absolute atomic E-state index is 0. The fourth-order valence-corrected chi connectivity index (χ4v) is 1.06. The first kappa shape index (κ1) is 10.2. The third kappa shape index (κ3) is 2.35. The van der Waals surface area contributed by atoms with Gasteiger partial charge < -0.3 is 0 Å². The minimum Gasteiger partial charge on any atom is -0.282 e. The Morgan fingerprint density at radius 2 is 1.91 bits per heavy atom. The fraction of sp³-hybridized carbons (Fsp3) is 0.125. The molecule has 0 aliphatic rings. The van der Waals surface area contributed by atoms with Crippen LogP contribution in [0.4, 0.5) is 4.70 Å². The van der Waals surface area contributed by atoms with E-state index in [0.29, 0.717) is 5.56 Å². The van der Waals surface area contributed by atoms with E-state index in [-0.39, 0.29) is 9.82 Å². The summed E-state index contributed by atoms with van der Waals surface area (Å²) in [6.07, 6.45) is 0. The second-order valence-corrected chi connectivity index (χ2v) is 2.53. The topological polar surface area (TPSA) is 17.1 Å². The second kappa shape index (κ2) is 4.13. The van der Waals surface area contributed by atoms with Gasteiger partial charge in [-0.2, -0.15) is 0 Å². The van der Waals surface area contributed by atoms with E-state index in [1.807, 2.05) is 25.1 Å². The SMILES string of the molecule is Cc1ccccc1C(=O)S.F. The van der Waals surface area contributed by atoms with Crippen molar-refractivity contribution in [1.29, 1.82) is 0 Å². The van der Waals surface area contributed by atoms with E-state index in [9.17, 15) is 4.79 Å². The van der Waals surface area contributed by atoms with Gasteiger partial charge in [-0.05, 0) is 12.5 Å². The molecule has 1 rings (SSSR count). The van der Waals surface area contributed by atoms with Gasteiger partial charge in [0.15, 0.2) is 0 Å². The van der Waals surface area contributed by atoms with E-state index in [1.165, 1.54) is 0 Å². The lowest BCUT2D eigenvalue weighted by atomic mass is 10.1. The van der Waals surface area contributed by atoms with Gasteiger partial charge in [0.2, 0.25) is 5.12 Å². The Kier molecular flexibility index (Phi) is 3.82. The number of carbonyl (C=O) groups is 1. The summed E-state index contributed by atoms with van der Waals surface area (Å²) in [7, 11) is 0. The quantitative estimate of drug-likeness (QED) is 0.643. The molecule has 0 fully saturated rings. The lowest BCUT2D eigenvalue weighted by Gasteiger charge is -1.97. The zero-order valence-corrected chi connectivity index (χ0v) is 6.97. The van der Waals surface area contributed by atoms with Gasteiger partial charge in [0.05, 0.1) is 0 Å². The molecule has 0 bridgehead atoms. The van der Waals surface area contributed by atoms with Crippen LogP contribution in [0.5, 0.6) is 0 Å². The van der Waals surface area contributed by atoms with Gasteiger partial charge >= 0.3 is 0 Å². The minimum atomic E-state index is -0.168. The Balaban J connectivity index is 0.000001000. The summed E-state index contributed by atoms with van der Waals surface area (Å²) in [4.78, 5) is 10.7. The van der Waals surface area contributed by atoms with Crippen molar-refractivity contribution in [1.82, 2.24) is 0 Å². The van der Waals surface area contributed by atoms with Gasteiger partial charge in [-0.15, -0.1) is 12.6 Å². The molecule has 0 aliphatic carbocycles. The number of carbonyl (C=O) groups excluding carboxylic acids is 1. The largest absolute Gasteiger partial charge is 0.282 e. The highest BCUT2D eigenvalue weighted by atomic mass is 32.1. The summed E-state index contributed by atoms with van der Waals surface area (Å²) < 4.78 is 0. The van der Waals surface area contributed by atoms with E-state index in [1.54, 1.807) is 6.07 Å². The van der Waals surface area contributed by atoms with Crippen LogP contribution in [-0.2, 0) is 0 Å². The van der Waals surface area contributed by atoms with Crippen LogP contribution in [-0.4, -0.2) is 5.12 Å². The summed E-state index contributed by atoms with van der Waals surface area (Å²) in [5.74, 6) is 0. The van der Waals surface area contributed by atoms with Crippen molar-refractivity contribution < 1.29 is 9.50 Å². The molecule has 0 saturated carbocycles. The van der Waals surface area contributed by atoms with Gasteiger partial charge in [0.25, 0.3) is 0 Å². The zero-order chi connectivity index (χ0) is 7.56. The van der Waals surface area contributed by atoms with Crippen LogP contribution in [0.1, 0.15) is 15.9 Å². The predicted molar refractivity (Wildman–Crippen MR) is 47.0 cm³/mol. The third-order valence-corrected chi connectivity index (χ3v) is 1.62. The first-order valence-corrected chi connectivity index (χ1v) is 3.45. The number of thiol groups is 1. The highest BCUT2D eigenvalue weighted by Crippen LogP contribution is 2.08. The second-order valence-electron chi connectivity index (χ2n) is 2.12. The smallest absolute Gasteiger partial charge is 0.216 e. The Labute approximate surface area is 70.2 Å². The van der Waals surface area contributed by atoms with E-state index in [4.69, 9.17) is 0 Å². The molecule has 3 heteroatoms. The average Bonchev–Trinajstić information content (AvgIpc) is 1.88. The van der Waals surface area contributed by atoms with Crippen molar-refractivity contribution in [2.45, 2.75) is 6.92 Å². The van der Waals surface area contributed by atoms with Gasteiger partial charge in [-0.25, -0.2) is 0 Å². The van der Waals surface area contributed by atoms with Gasteiger partial charge in [-0.1, -0.05) is 24.3 Å². The molecule has 60 valence electrons. The number of rotatable bonds is 1. The Hall–Kier alpha value is -0.830. The lowest BCUT2D eigenvalue weighted by molar-refractivity contribution is 0.109. The summed E-state index contributed by atoms with van der Waals surface area (Å²) in [5, 5.41) is -0.168. The molecule has 1 nitrogen and oxygen atoms in total. The van der Waals surface area contributed by atoms with E-state index < -0.39 is 0 Å². The molecular formula is C8H9FOS.